The van der Waals surface area contributed by atoms with Crippen LogP contribution in [-0.2, 0) is 0 Å². The summed E-state index contributed by atoms with van der Waals surface area (Å²) in [5, 5.41) is 13.9. The molecule has 0 saturated heterocycles. The number of nitrogens with two attached hydrogens (primary N) is 2. The molecule has 0 bridgehead atoms. The van der Waals surface area contributed by atoms with Crippen LogP contribution >= 0.6 is 0 Å². The number of hydrogen-bond acceptors (Lipinski definition) is 6. The molecule has 3 aromatic rings. The fraction of sp³-hybridized carbons (Fsp3) is 0.316. The number of hydrogen-bond donors (Lipinski definition) is 5. The van der Waals surface area contributed by atoms with E-state index in [-0.39, 0.29) is 29.3 Å². The number of H-pyrrole nitrogens is 1. The summed E-state index contributed by atoms with van der Waals surface area (Å²) >= 11 is 0. The summed E-state index contributed by atoms with van der Waals surface area (Å²) in [5.74, 6) is -1.18. The molecule has 2 aromatic heterocycles. The van der Waals surface area contributed by atoms with E-state index in [9.17, 15) is 9.18 Å². The maximum Gasteiger partial charge on any atom is 0.252 e. The average Bonchev–Trinajstić information content (AvgIpc) is 3.15. The van der Waals surface area contributed by atoms with E-state index in [0.717, 1.165) is 42.7 Å². The minimum absolute atomic E-state index is 0.0310. The van der Waals surface area contributed by atoms with Crippen molar-refractivity contribution in [2.24, 2.45) is 11.5 Å². The van der Waals surface area contributed by atoms with Crippen molar-refractivity contribution in [3.8, 4) is 0 Å². The number of benzene rings is 1. The Morgan fingerprint density at radius 1 is 1.25 bits per heavy atom. The van der Waals surface area contributed by atoms with Crippen LogP contribution in [0.3, 0.4) is 0 Å². The zero-order valence-electron chi connectivity index (χ0n) is 15.2. The largest absolute Gasteiger partial charge is 0.365 e. The summed E-state index contributed by atoms with van der Waals surface area (Å²) in [6.45, 7) is 0. The molecule has 1 fully saturated rings. The number of pyridine rings is 1. The number of amides is 1. The minimum Gasteiger partial charge on any atom is -0.365 e. The van der Waals surface area contributed by atoms with Crippen LogP contribution in [0.15, 0.2) is 30.5 Å². The van der Waals surface area contributed by atoms with Gasteiger partial charge in [-0.05, 0) is 31.0 Å². The number of rotatable bonds is 5. The van der Waals surface area contributed by atoms with E-state index < -0.39 is 11.7 Å². The number of primary amides is 1. The van der Waals surface area contributed by atoms with Gasteiger partial charge >= 0.3 is 0 Å². The maximum atomic E-state index is 14.6. The van der Waals surface area contributed by atoms with Gasteiger partial charge in [0.15, 0.2) is 11.6 Å². The van der Waals surface area contributed by atoms with Crippen molar-refractivity contribution in [3.63, 3.8) is 0 Å². The van der Waals surface area contributed by atoms with E-state index in [0.29, 0.717) is 5.69 Å². The lowest BCUT2D eigenvalue weighted by atomic mass is 9.91. The number of carbonyl (C=O) groups excluding carboxylic acids is 1. The Balaban J connectivity index is 1.70. The van der Waals surface area contributed by atoms with Crippen molar-refractivity contribution in [1.29, 1.82) is 0 Å². The monoisotopic (exact) mass is 383 g/mol. The van der Waals surface area contributed by atoms with Gasteiger partial charge in [-0.3, -0.25) is 9.89 Å². The summed E-state index contributed by atoms with van der Waals surface area (Å²) in [6.07, 6.45) is 5.48. The molecule has 1 saturated carbocycles. The normalized spacial score (nSPS) is 19.5. The van der Waals surface area contributed by atoms with Gasteiger partial charge in [0.25, 0.3) is 5.91 Å². The smallest absolute Gasteiger partial charge is 0.252 e. The van der Waals surface area contributed by atoms with E-state index in [1.807, 2.05) is 18.2 Å². The van der Waals surface area contributed by atoms with Crippen LogP contribution < -0.4 is 22.1 Å². The standard InChI is InChI=1S/C19H22FN7O/c20-12-8-10(17(22)28)18(24-14-6-3-7-15-11(14)9-23-27-15)26-19(12)25-16-5-2-1-4-13(16)21/h3,6-9,13,16H,1-2,4-5,21H2,(H2,22,28)(H,23,27)(H2,24,25,26)/t13-,16?/m0/s1. The van der Waals surface area contributed by atoms with E-state index in [1.54, 1.807) is 6.20 Å². The highest BCUT2D eigenvalue weighted by atomic mass is 19.1. The van der Waals surface area contributed by atoms with E-state index in [4.69, 9.17) is 11.5 Å². The quantitative estimate of drug-likeness (QED) is 0.460. The van der Waals surface area contributed by atoms with Gasteiger partial charge in [0.1, 0.15) is 5.82 Å². The molecule has 4 rings (SSSR count). The number of nitrogens with zero attached hydrogens (tertiary/aromatic N) is 2. The third kappa shape index (κ3) is 3.48. The van der Waals surface area contributed by atoms with Gasteiger partial charge in [-0.25, -0.2) is 9.37 Å². The predicted octanol–water partition coefficient (Wildman–Crippen LogP) is 2.62. The lowest BCUT2D eigenvalue weighted by Crippen LogP contribution is -2.43. The van der Waals surface area contributed by atoms with Crippen molar-refractivity contribution in [2.45, 2.75) is 37.8 Å². The summed E-state index contributed by atoms with van der Waals surface area (Å²) in [4.78, 5) is 16.2. The molecule has 146 valence electrons. The summed E-state index contributed by atoms with van der Waals surface area (Å²) < 4.78 is 14.6. The van der Waals surface area contributed by atoms with Crippen LogP contribution in [0.5, 0.6) is 0 Å². The number of halogens is 1. The first-order chi connectivity index (χ1) is 13.5. The van der Waals surface area contributed by atoms with Gasteiger partial charge in [-0.1, -0.05) is 18.9 Å². The molecule has 0 radical (unpaired) electrons. The molecule has 9 heteroatoms. The van der Waals surface area contributed by atoms with Gasteiger partial charge < -0.3 is 22.1 Å². The van der Waals surface area contributed by atoms with Crippen LogP contribution in [0, 0.1) is 5.82 Å². The second kappa shape index (κ2) is 7.43. The molecular weight excluding hydrogens is 361 g/mol. The fourth-order valence-corrected chi connectivity index (χ4v) is 3.59. The SMILES string of the molecule is NC(=O)c1cc(F)c(NC2CCCC[C@@H]2N)nc1Nc1cccc2[nH]ncc12. The Morgan fingerprint density at radius 3 is 2.86 bits per heavy atom. The maximum absolute atomic E-state index is 14.6. The molecule has 1 aromatic carbocycles. The van der Waals surface area contributed by atoms with Crippen molar-refractivity contribution in [1.82, 2.24) is 15.2 Å². The predicted molar refractivity (Wildman–Crippen MR) is 106 cm³/mol. The van der Waals surface area contributed by atoms with Crippen molar-refractivity contribution < 1.29 is 9.18 Å². The number of fused-ring (bicyclic) bond motifs is 1. The number of aromatic amines is 1. The zero-order valence-corrected chi connectivity index (χ0v) is 15.2. The summed E-state index contributed by atoms with van der Waals surface area (Å²) in [6, 6.07) is 6.48. The van der Waals surface area contributed by atoms with Crippen LogP contribution in [-0.4, -0.2) is 33.2 Å². The average molecular weight is 383 g/mol. The third-order valence-corrected chi connectivity index (χ3v) is 5.12. The first-order valence-electron chi connectivity index (χ1n) is 9.24. The first-order valence-corrected chi connectivity index (χ1v) is 9.24. The lowest BCUT2D eigenvalue weighted by Gasteiger charge is -2.30. The van der Waals surface area contributed by atoms with Gasteiger partial charge in [0, 0.05) is 17.5 Å². The Hall–Kier alpha value is -3.20. The summed E-state index contributed by atoms with van der Waals surface area (Å²) in [5.41, 5.74) is 13.1. The Bertz CT molecular complexity index is 1020. The Labute approximate surface area is 160 Å². The highest BCUT2D eigenvalue weighted by Gasteiger charge is 2.24. The Morgan fingerprint density at radius 2 is 2.07 bits per heavy atom. The number of nitrogens with one attached hydrogen (secondary N) is 3. The van der Waals surface area contributed by atoms with Crippen LogP contribution in [0.25, 0.3) is 10.9 Å². The molecular formula is C19H22FN7O. The van der Waals surface area contributed by atoms with Crippen LogP contribution in [0.2, 0.25) is 0 Å². The number of aromatic nitrogens is 3. The molecule has 1 aliphatic rings. The number of anilines is 3. The molecule has 0 aliphatic heterocycles. The van der Waals surface area contributed by atoms with E-state index in [1.165, 1.54) is 0 Å². The second-order valence-corrected chi connectivity index (χ2v) is 7.04. The first kappa shape index (κ1) is 18.2. The lowest BCUT2D eigenvalue weighted by molar-refractivity contribution is 0.100. The van der Waals surface area contributed by atoms with Gasteiger partial charge in [0.05, 0.1) is 23.0 Å². The van der Waals surface area contributed by atoms with Crippen molar-refractivity contribution in [3.05, 3.63) is 41.8 Å². The van der Waals surface area contributed by atoms with Crippen molar-refractivity contribution in [2.75, 3.05) is 10.6 Å². The topological polar surface area (TPSA) is 135 Å². The molecule has 1 unspecified atom stereocenters. The van der Waals surface area contributed by atoms with Gasteiger partial charge in [0.2, 0.25) is 0 Å². The van der Waals surface area contributed by atoms with Crippen LogP contribution in [0.1, 0.15) is 36.0 Å². The highest BCUT2D eigenvalue weighted by molar-refractivity contribution is 6.00. The van der Waals surface area contributed by atoms with E-state index >= 15 is 0 Å². The molecule has 1 amide bonds. The molecule has 7 N–H and O–H groups in total. The molecule has 2 atom stereocenters. The molecule has 8 nitrogen and oxygen atoms in total. The summed E-state index contributed by atoms with van der Waals surface area (Å²) in [7, 11) is 0. The highest BCUT2D eigenvalue weighted by Crippen LogP contribution is 2.29. The second-order valence-electron chi connectivity index (χ2n) is 7.04. The Kier molecular flexibility index (Phi) is 4.82. The molecule has 2 heterocycles. The molecule has 0 spiro atoms. The minimum atomic E-state index is -0.769. The fourth-order valence-electron chi connectivity index (χ4n) is 3.59. The van der Waals surface area contributed by atoms with Gasteiger partial charge in [-0.2, -0.15) is 5.10 Å². The third-order valence-electron chi connectivity index (χ3n) is 5.12. The van der Waals surface area contributed by atoms with Crippen LogP contribution in [0.4, 0.5) is 21.7 Å². The molecule has 28 heavy (non-hydrogen) atoms. The van der Waals surface area contributed by atoms with E-state index in [2.05, 4.69) is 25.8 Å². The van der Waals surface area contributed by atoms with Crippen molar-refractivity contribution >= 4 is 34.1 Å². The zero-order chi connectivity index (χ0) is 19.7. The van der Waals surface area contributed by atoms with Gasteiger partial charge in [-0.15, -0.1) is 0 Å². The number of carbonyl (C=O) groups is 1. The molecule has 1 aliphatic carbocycles.